The molecule has 0 aliphatic carbocycles. The predicted octanol–water partition coefficient (Wildman–Crippen LogP) is 1.44. The number of aromatic nitrogens is 4. The average Bonchev–Trinajstić information content (AvgIpc) is 3.09. The lowest BCUT2D eigenvalue weighted by Gasteiger charge is -2.06. The van der Waals surface area contributed by atoms with Crippen LogP contribution in [-0.2, 0) is 6.54 Å². The maximum Gasteiger partial charge on any atom is 0.300 e. The lowest BCUT2D eigenvalue weighted by Crippen LogP contribution is -2.11. The molecular weight excluding hydrogens is 264 g/mol. The van der Waals surface area contributed by atoms with Gasteiger partial charge in [0.2, 0.25) is 5.52 Å². The molecule has 0 spiro atoms. The van der Waals surface area contributed by atoms with Crippen molar-refractivity contribution in [3.05, 3.63) is 40.7 Å². The van der Waals surface area contributed by atoms with Crippen LogP contribution in [0.25, 0.3) is 11.0 Å². The molecule has 9 nitrogen and oxygen atoms in total. The van der Waals surface area contributed by atoms with Crippen LogP contribution in [0, 0.1) is 10.1 Å². The number of nitro groups is 1. The van der Waals surface area contributed by atoms with Crippen molar-refractivity contribution in [2.45, 2.75) is 6.54 Å². The van der Waals surface area contributed by atoms with E-state index in [4.69, 9.17) is 0 Å². The third-order valence-electron chi connectivity index (χ3n) is 2.81. The first-order chi connectivity index (χ1) is 9.75. The second-order valence-electron chi connectivity index (χ2n) is 4.05. The normalized spacial score (nSPS) is 10.8. The number of hydrogen-bond acceptors (Lipinski definition) is 7. The maximum atomic E-state index is 10.9. The molecule has 2 aromatic heterocycles. The Hall–Kier alpha value is -2.97. The number of anilines is 1. The van der Waals surface area contributed by atoms with Gasteiger partial charge in [-0.3, -0.25) is 14.8 Å². The summed E-state index contributed by atoms with van der Waals surface area (Å²) < 4.78 is 6.36. The molecule has 20 heavy (non-hydrogen) atoms. The van der Waals surface area contributed by atoms with Gasteiger partial charge < -0.3 is 5.32 Å². The molecule has 3 rings (SSSR count). The Balaban J connectivity index is 1.80. The SMILES string of the molecule is O=[N+]([O-])c1ccc(NCCn2cccn2)c2nonc12. The minimum Gasteiger partial charge on any atom is -0.381 e. The summed E-state index contributed by atoms with van der Waals surface area (Å²) in [7, 11) is 0. The van der Waals surface area contributed by atoms with E-state index in [0.717, 1.165) is 0 Å². The molecule has 9 heteroatoms. The third-order valence-corrected chi connectivity index (χ3v) is 2.81. The summed E-state index contributed by atoms with van der Waals surface area (Å²) in [4.78, 5) is 10.3. The Morgan fingerprint density at radius 3 is 2.95 bits per heavy atom. The molecule has 2 heterocycles. The second-order valence-corrected chi connectivity index (χ2v) is 4.05. The fourth-order valence-electron chi connectivity index (χ4n) is 1.88. The summed E-state index contributed by atoms with van der Waals surface area (Å²) >= 11 is 0. The van der Waals surface area contributed by atoms with Crippen LogP contribution >= 0.6 is 0 Å². The van der Waals surface area contributed by atoms with Gasteiger partial charge in [0, 0.05) is 25.0 Å². The highest BCUT2D eigenvalue weighted by Gasteiger charge is 2.19. The van der Waals surface area contributed by atoms with Crippen molar-refractivity contribution in [1.29, 1.82) is 0 Å². The molecule has 1 aromatic carbocycles. The molecule has 0 saturated carbocycles. The quantitative estimate of drug-likeness (QED) is 0.553. The van der Waals surface area contributed by atoms with Gasteiger partial charge in [-0.1, -0.05) is 0 Å². The number of nitro benzene ring substituents is 1. The van der Waals surface area contributed by atoms with Crippen molar-refractivity contribution < 1.29 is 9.55 Å². The maximum absolute atomic E-state index is 10.9. The lowest BCUT2D eigenvalue weighted by molar-refractivity contribution is -0.383. The molecule has 102 valence electrons. The summed E-state index contributed by atoms with van der Waals surface area (Å²) in [5, 5.41) is 25.3. The molecule has 0 radical (unpaired) electrons. The van der Waals surface area contributed by atoms with Crippen molar-refractivity contribution >= 4 is 22.4 Å². The molecule has 0 aliphatic heterocycles. The number of non-ortho nitro benzene ring substituents is 1. The molecular formula is C11H10N6O3. The minimum atomic E-state index is -0.514. The Labute approximate surface area is 112 Å². The van der Waals surface area contributed by atoms with Gasteiger partial charge in [-0.2, -0.15) is 5.10 Å². The first-order valence-electron chi connectivity index (χ1n) is 5.86. The Morgan fingerprint density at radius 1 is 1.35 bits per heavy atom. The number of nitrogens with one attached hydrogen (secondary N) is 1. The van der Waals surface area contributed by atoms with E-state index in [1.165, 1.54) is 6.07 Å². The van der Waals surface area contributed by atoms with Crippen LogP contribution in [0.15, 0.2) is 35.2 Å². The third kappa shape index (κ3) is 2.16. The zero-order valence-corrected chi connectivity index (χ0v) is 10.3. The smallest absolute Gasteiger partial charge is 0.300 e. The van der Waals surface area contributed by atoms with E-state index in [9.17, 15) is 10.1 Å². The number of hydrogen-bond donors (Lipinski definition) is 1. The van der Waals surface area contributed by atoms with Crippen LogP contribution in [0.2, 0.25) is 0 Å². The van der Waals surface area contributed by atoms with Gasteiger partial charge in [0.15, 0.2) is 5.52 Å². The van der Waals surface area contributed by atoms with Gasteiger partial charge in [0.25, 0.3) is 0 Å². The van der Waals surface area contributed by atoms with Gasteiger partial charge in [-0.05, 0) is 22.4 Å². The molecule has 0 bridgehead atoms. The van der Waals surface area contributed by atoms with Gasteiger partial charge in [0.05, 0.1) is 17.2 Å². The first-order valence-corrected chi connectivity index (χ1v) is 5.86. The van der Waals surface area contributed by atoms with Crippen molar-refractivity contribution in [2.75, 3.05) is 11.9 Å². The molecule has 0 atom stereocenters. The van der Waals surface area contributed by atoms with Crippen molar-refractivity contribution in [3.8, 4) is 0 Å². The topological polar surface area (TPSA) is 112 Å². The van der Waals surface area contributed by atoms with E-state index in [1.807, 2.05) is 12.3 Å². The van der Waals surface area contributed by atoms with Gasteiger partial charge in [-0.25, -0.2) is 4.63 Å². The zero-order chi connectivity index (χ0) is 13.9. The second kappa shape index (κ2) is 4.96. The van der Waals surface area contributed by atoms with Crippen molar-refractivity contribution in [2.24, 2.45) is 0 Å². The highest BCUT2D eigenvalue weighted by Crippen LogP contribution is 2.28. The van der Waals surface area contributed by atoms with Crippen LogP contribution in [0.3, 0.4) is 0 Å². The lowest BCUT2D eigenvalue weighted by atomic mass is 10.2. The fraction of sp³-hybridized carbons (Fsp3) is 0.182. The number of fused-ring (bicyclic) bond motifs is 1. The zero-order valence-electron chi connectivity index (χ0n) is 10.3. The standard InChI is InChI=1S/C11H10N6O3/c18-17(19)9-3-2-8(10-11(9)15-20-14-10)12-5-7-16-6-1-4-13-16/h1-4,6,12H,5,7H2. The highest BCUT2D eigenvalue weighted by molar-refractivity contribution is 5.93. The molecule has 0 amide bonds. The molecule has 0 fully saturated rings. The van der Waals surface area contributed by atoms with Crippen LogP contribution in [0.4, 0.5) is 11.4 Å². The van der Waals surface area contributed by atoms with E-state index in [-0.39, 0.29) is 11.2 Å². The first kappa shape index (κ1) is 12.1. The van der Waals surface area contributed by atoms with Gasteiger partial charge in [0.1, 0.15) is 0 Å². The molecule has 0 unspecified atom stereocenters. The van der Waals surface area contributed by atoms with Gasteiger partial charge >= 0.3 is 5.69 Å². The van der Waals surface area contributed by atoms with Crippen LogP contribution in [0.1, 0.15) is 0 Å². The van der Waals surface area contributed by atoms with Crippen LogP contribution in [-0.4, -0.2) is 31.6 Å². The summed E-state index contributed by atoms with van der Waals surface area (Å²) in [6, 6.07) is 4.81. The van der Waals surface area contributed by atoms with E-state index in [0.29, 0.717) is 24.3 Å². The largest absolute Gasteiger partial charge is 0.381 e. The average molecular weight is 274 g/mol. The minimum absolute atomic E-state index is 0.126. The molecule has 0 aliphatic rings. The van der Waals surface area contributed by atoms with E-state index < -0.39 is 4.92 Å². The Bertz CT molecular complexity index is 736. The highest BCUT2D eigenvalue weighted by atomic mass is 16.6. The number of nitrogens with zero attached hydrogens (tertiary/aromatic N) is 5. The van der Waals surface area contributed by atoms with Crippen LogP contribution < -0.4 is 5.32 Å². The Morgan fingerprint density at radius 2 is 2.20 bits per heavy atom. The van der Waals surface area contributed by atoms with E-state index in [1.54, 1.807) is 16.9 Å². The summed E-state index contributed by atoms with van der Waals surface area (Å²) in [6.45, 7) is 1.26. The Kier molecular flexibility index (Phi) is 2.99. The molecule has 1 N–H and O–H groups in total. The fourth-order valence-corrected chi connectivity index (χ4v) is 1.88. The molecule has 0 saturated heterocycles. The summed E-state index contributed by atoms with van der Waals surface area (Å²) in [5.74, 6) is 0. The number of benzene rings is 1. The predicted molar refractivity (Wildman–Crippen MR) is 69.2 cm³/mol. The monoisotopic (exact) mass is 274 g/mol. The summed E-state index contributed by atoms with van der Waals surface area (Å²) in [5.41, 5.74) is 0.997. The van der Waals surface area contributed by atoms with Gasteiger partial charge in [-0.15, -0.1) is 0 Å². The van der Waals surface area contributed by atoms with E-state index in [2.05, 4.69) is 25.4 Å². The van der Waals surface area contributed by atoms with Crippen molar-refractivity contribution in [3.63, 3.8) is 0 Å². The number of rotatable bonds is 5. The van der Waals surface area contributed by atoms with Crippen molar-refractivity contribution in [1.82, 2.24) is 20.1 Å². The summed E-state index contributed by atoms with van der Waals surface area (Å²) in [6.07, 6.45) is 3.55. The molecule has 3 aromatic rings. The van der Waals surface area contributed by atoms with E-state index >= 15 is 0 Å². The van der Waals surface area contributed by atoms with Crippen LogP contribution in [0.5, 0.6) is 0 Å².